The number of hydrogen-bond acceptors (Lipinski definition) is 5. The summed E-state index contributed by atoms with van der Waals surface area (Å²) in [5.74, 6) is -1.20. The minimum atomic E-state index is -4.49. The molecule has 0 spiro atoms. The molecule has 3 aromatic heterocycles. The minimum absolute atomic E-state index is 0.0701. The summed E-state index contributed by atoms with van der Waals surface area (Å²) in [5, 5.41) is 19.9. The number of amides is 2. The first-order chi connectivity index (χ1) is 20.5. The van der Waals surface area contributed by atoms with Gasteiger partial charge < -0.3 is 10.6 Å². The fourth-order valence-electron chi connectivity index (χ4n) is 6.07. The zero-order valence-electron chi connectivity index (χ0n) is 24.0. The Bertz CT molecular complexity index is 1450. The van der Waals surface area contributed by atoms with Crippen molar-refractivity contribution in [3.05, 3.63) is 42.0 Å². The van der Waals surface area contributed by atoms with Crippen LogP contribution in [0.2, 0.25) is 0 Å². The number of halogens is 4. The maximum atomic E-state index is 15.3. The molecule has 0 radical (unpaired) electrons. The number of hydrogen-bond donors (Lipinski definition) is 3. The number of carbonyl (C=O) groups is 2. The van der Waals surface area contributed by atoms with Gasteiger partial charge >= 0.3 is 6.18 Å². The van der Waals surface area contributed by atoms with Crippen molar-refractivity contribution < 1.29 is 31.8 Å². The molecule has 2 amide bonds. The molecule has 3 aliphatic rings. The molecule has 3 saturated carbocycles. The van der Waals surface area contributed by atoms with Gasteiger partial charge in [0, 0.05) is 17.3 Å². The number of nitrogens with one attached hydrogen (secondary N) is 3. The van der Waals surface area contributed by atoms with Crippen LogP contribution in [0.3, 0.4) is 0 Å². The third kappa shape index (κ3) is 6.74. The van der Waals surface area contributed by atoms with Gasteiger partial charge in [0.2, 0.25) is 18.6 Å². The van der Waals surface area contributed by atoms with Gasteiger partial charge in [-0.2, -0.15) is 22.7 Å². The van der Waals surface area contributed by atoms with E-state index in [-0.39, 0.29) is 29.3 Å². The Morgan fingerprint density at radius 2 is 1.84 bits per heavy atom. The zero-order chi connectivity index (χ0) is 30.5. The lowest BCUT2D eigenvalue weighted by molar-refractivity contribution is -0.779. The standard InChI is InChI=1S/C28H35F4N9O2/c1-15(2)41-20(9-10-34-41)26(42)36-24(23(17-5-6-17)18-7-8-18)27(43)35-19-13-39(37-25(19)29)21(11-16-3-4-16)22-12-33-38-40(22)14-28(30,31)32/h9-10,12-13,15-18,21,23-24H,3-8,11,14H2,1-2H3,(H2,35,36,42,43)/p+1/t21?,24-/m0/s1. The predicted molar refractivity (Wildman–Crippen MR) is 144 cm³/mol. The molecule has 15 heteroatoms. The molecule has 43 heavy (non-hydrogen) atoms. The van der Waals surface area contributed by atoms with Crippen LogP contribution >= 0.6 is 0 Å². The summed E-state index contributed by atoms with van der Waals surface area (Å²) in [6, 6.07) is -0.112. The quantitative estimate of drug-likeness (QED) is 0.201. The lowest BCUT2D eigenvalue weighted by Crippen LogP contribution is -2.50. The topological polar surface area (TPSA) is 126 Å². The van der Waals surface area contributed by atoms with Gasteiger partial charge in [-0.25, -0.2) is 0 Å². The number of aromatic amines is 1. The van der Waals surface area contributed by atoms with Crippen LogP contribution in [0.15, 0.2) is 24.7 Å². The number of alkyl halides is 3. The van der Waals surface area contributed by atoms with Crippen molar-refractivity contribution in [1.29, 1.82) is 0 Å². The summed E-state index contributed by atoms with van der Waals surface area (Å²) in [4.78, 5) is 27.2. The van der Waals surface area contributed by atoms with E-state index in [1.54, 1.807) is 10.7 Å². The van der Waals surface area contributed by atoms with Gasteiger partial charge in [0.1, 0.15) is 23.5 Å². The average Bonchev–Trinajstić information content (AvgIpc) is 3.89. The molecular formula is C28H36F4N9O2+. The van der Waals surface area contributed by atoms with Gasteiger partial charge in [-0.3, -0.25) is 19.0 Å². The number of H-pyrrole nitrogens is 1. The average molecular weight is 607 g/mol. The molecule has 11 nitrogen and oxygen atoms in total. The molecule has 0 aromatic carbocycles. The molecule has 2 atom stereocenters. The van der Waals surface area contributed by atoms with E-state index in [0.717, 1.165) is 43.2 Å². The van der Waals surface area contributed by atoms with Crippen molar-refractivity contribution in [2.45, 2.75) is 89.6 Å². The fourth-order valence-corrected chi connectivity index (χ4v) is 6.07. The summed E-state index contributed by atoms with van der Waals surface area (Å²) in [6.07, 6.45) is 5.76. The smallest absolute Gasteiger partial charge is 0.339 e. The third-order valence-electron chi connectivity index (χ3n) is 8.56. The van der Waals surface area contributed by atoms with Crippen LogP contribution in [-0.2, 0) is 11.3 Å². The van der Waals surface area contributed by atoms with E-state index in [0.29, 0.717) is 24.0 Å². The number of nitrogens with zero attached hydrogens (tertiary/aromatic N) is 6. The second kappa shape index (κ2) is 11.4. The second-order valence-electron chi connectivity index (χ2n) is 12.4. The van der Waals surface area contributed by atoms with Gasteiger partial charge in [-0.05, 0) is 75.7 Å². The van der Waals surface area contributed by atoms with Crippen molar-refractivity contribution in [3.63, 3.8) is 0 Å². The van der Waals surface area contributed by atoms with Crippen molar-refractivity contribution in [1.82, 2.24) is 35.2 Å². The summed E-state index contributed by atoms with van der Waals surface area (Å²) in [5.41, 5.74) is 0.333. The molecule has 0 saturated heterocycles. The van der Waals surface area contributed by atoms with Crippen molar-refractivity contribution in [3.8, 4) is 0 Å². The normalized spacial score (nSPS) is 18.7. The Balaban J connectivity index is 1.25. The molecule has 0 aliphatic heterocycles. The van der Waals surface area contributed by atoms with E-state index in [9.17, 15) is 22.8 Å². The molecule has 3 aromatic rings. The number of carbonyl (C=O) groups excluding carboxylic acids is 2. The third-order valence-corrected chi connectivity index (χ3v) is 8.56. The van der Waals surface area contributed by atoms with Crippen LogP contribution in [0.5, 0.6) is 0 Å². The molecule has 3 fully saturated rings. The van der Waals surface area contributed by atoms with Crippen LogP contribution in [0.1, 0.15) is 87.1 Å². The maximum Gasteiger partial charge on any atom is 0.428 e. The fraction of sp³-hybridized carbons (Fsp3) is 0.643. The highest BCUT2D eigenvalue weighted by Crippen LogP contribution is 2.51. The molecule has 232 valence electrons. The van der Waals surface area contributed by atoms with Crippen LogP contribution in [0.25, 0.3) is 0 Å². The minimum Gasteiger partial charge on any atom is -0.339 e. The summed E-state index contributed by atoms with van der Waals surface area (Å²) >= 11 is 0. The molecule has 6 rings (SSSR count). The summed E-state index contributed by atoms with van der Waals surface area (Å²) in [7, 11) is 0. The first kappa shape index (κ1) is 29.3. The largest absolute Gasteiger partial charge is 0.428 e. The van der Waals surface area contributed by atoms with Crippen LogP contribution in [-0.4, -0.2) is 53.9 Å². The summed E-state index contributed by atoms with van der Waals surface area (Å²) < 4.78 is 58.7. The molecule has 0 bridgehead atoms. The second-order valence-corrected chi connectivity index (χ2v) is 12.4. The monoisotopic (exact) mass is 606 g/mol. The Hall–Kier alpha value is -3.78. The van der Waals surface area contributed by atoms with E-state index >= 15 is 4.39 Å². The van der Waals surface area contributed by atoms with E-state index in [2.05, 4.69) is 31.1 Å². The molecule has 1 unspecified atom stereocenters. The Kier molecular flexibility index (Phi) is 7.75. The highest BCUT2D eigenvalue weighted by molar-refractivity contribution is 6.00. The van der Waals surface area contributed by atoms with Gasteiger partial charge in [0.05, 0.1) is 6.20 Å². The maximum absolute atomic E-state index is 15.3. The highest BCUT2D eigenvalue weighted by atomic mass is 19.4. The van der Waals surface area contributed by atoms with Gasteiger partial charge in [0.15, 0.2) is 5.69 Å². The SMILES string of the molecule is CC(C)n1nccc1C(=O)N[C@H](C(=O)Nc1cn(C(CC2CC2)c2cn[nH][n+]2CC(F)(F)F)nc1F)C(C1CC1)C1CC1. The Morgan fingerprint density at radius 1 is 1.14 bits per heavy atom. The predicted octanol–water partition coefficient (Wildman–Crippen LogP) is 3.94. The molecule has 3 heterocycles. The van der Waals surface area contributed by atoms with E-state index in [1.165, 1.54) is 23.3 Å². The van der Waals surface area contributed by atoms with Crippen molar-refractivity contribution >= 4 is 17.5 Å². The first-order valence-electron chi connectivity index (χ1n) is 14.9. The van der Waals surface area contributed by atoms with Crippen molar-refractivity contribution in [2.24, 2.45) is 23.7 Å². The van der Waals surface area contributed by atoms with Crippen LogP contribution in [0.4, 0.5) is 23.2 Å². The zero-order valence-corrected chi connectivity index (χ0v) is 24.0. The molecular weight excluding hydrogens is 570 g/mol. The van der Waals surface area contributed by atoms with Crippen LogP contribution < -0.4 is 15.3 Å². The molecule has 3 N–H and O–H groups in total. The number of rotatable bonds is 13. The highest BCUT2D eigenvalue weighted by Gasteiger charge is 2.49. The van der Waals surface area contributed by atoms with E-state index in [1.807, 2.05) is 13.8 Å². The van der Waals surface area contributed by atoms with Gasteiger partial charge in [0.25, 0.3) is 11.9 Å². The Labute approximate surface area is 245 Å². The summed E-state index contributed by atoms with van der Waals surface area (Å²) in [6.45, 7) is 2.52. The lowest BCUT2D eigenvalue weighted by Gasteiger charge is -2.27. The lowest BCUT2D eigenvalue weighted by atomic mass is 9.88. The van der Waals surface area contributed by atoms with E-state index < -0.39 is 42.6 Å². The molecule has 3 aliphatic carbocycles. The van der Waals surface area contributed by atoms with Gasteiger partial charge in [-0.15, -0.1) is 9.78 Å². The van der Waals surface area contributed by atoms with E-state index in [4.69, 9.17) is 0 Å². The number of aromatic nitrogens is 7. The van der Waals surface area contributed by atoms with Crippen LogP contribution in [0, 0.1) is 29.6 Å². The van der Waals surface area contributed by atoms with Crippen molar-refractivity contribution in [2.75, 3.05) is 5.32 Å². The number of anilines is 1. The first-order valence-corrected chi connectivity index (χ1v) is 14.9. The Morgan fingerprint density at radius 3 is 2.44 bits per heavy atom. The van der Waals surface area contributed by atoms with Gasteiger partial charge in [-0.1, -0.05) is 18.1 Å².